The van der Waals surface area contributed by atoms with Crippen molar-refractivity contribution in [3.63, 3.8) is 0 Å². The maximum absolute atomic E-state index is 13.7. The summed E-state index contributed by atoms with van der Waals surface area (Å²) < 4.78 is 13.7. The van der Waals surface area contributed by atoms with Crippen LogP contribution in [0.5, 0.6) is 0 Å². The molecule has 1 N–H and O–H groups in total. The van der Waals surface area contributed by atoms with Gasteiger partial charge in [0.25, 0.3) is 5.91 Å². The Bertz CT molecular complexity index is 647. The average molecular weight is 299 g/mol. The molecule has 0 atom stereocenters. The summed E-state index contributed by atoms with van der Waals surface area (Å²) in [6.07, 6.45) is 1.40. The highest BCUT2D eigenvalue weighted by Gasteiger charge is 2.14. The van der Waals surface area contributed by atoms with Crippen LogP contribution in [0, 0.1) is 12.7 Å². The van der Waals surface area contributed by atoms with Crippen LogP contribution in [-0.2, 0) is 0 Å². The molecule has 0 unspecified atom stereocenters. The molecule has 19 heavy (non-hydrogen) atoms. The zero-order chi connectivity index (χ0) is 14.0. The van der Waals surface area contributed by atoms with Gasteiger partial charge in [0.2, 0.25) is 0 Å². The van der Waals surface area contributed by atoms with Crippen molar-refractivity contribution in [2.24, 2.45) is 0 Å². The monoisotopic (exact) mass is 298 g/mol. The van der Waals surface area contributed by atoms with Gasteiger partial charge in [0.15, 0.2) is 5.82 Å². The van der Waals surface area contributed by atoms with Gasteiger partial charge in [-0.25, -0.2) is 9.37 Å². The van der Waals surface area contributed by atoms with Crippen LogP contribution in [0.3, 0.4) is 0 Å². The van der Waals surface area contributed by atoms with E-state index in [4.69, 9.17) is 23.2 Å². The molecule has 1 aromatic heterocycles. The van der Waals surface area contributed by atoms with Crippen molar-refractivity contribution in [1.82, 2.24) is 4.98 Å². The van der Waals surface area contributed by atoms with Crippen molar-refractivity contribution >= 4 is 34.8 Å². The molecular formula is C13H9Cl2FN2O. The molecule has 3 nitrogen and oxygen atoms in total. The molecule has 2 rings (SSSR count). The van der Waals surface area contributed by atoms with E-state index in [1.165, 1.54) is 24.4 Å². The quantitative estimate of drug-likeness (QED) is 0.849. The minimum absolute atomic E-state index is 0.0990. The summed E-state index contributed by atoms with van der Waals surface area (Å²) in [5, 5.41) is 2.79. The first-order chi connectivity index (χ1) is 8.99. The third-order valence-corrected chi connectivity index (χ3v) is 3.16. The Balaban J connectivity index is 2.26. The number of anilines is 1. The van der Waals surface area contributed by atoms with Crippen LogP contribution in [0.15, 0.2) is 30.5 Å². The van der Waals surface area contributed by atoms with Crippen LogP contribution in [0.2, 0.25) is 10.2 Å². The topological polar surface area (TPSA) is 42.0 Å². The van der Waals surface area contributed by atoms with Crippen molar-refractivity contribution in [2.45, 2.75) is 6.92 Å². The maximum Gasteiger partial charge on any atom is 0.258 e. The lowest BCUT2D eigenvalue weighted by Gasteiger charge is -2.07. The maximum atomic E-state index is 13.7. The molecule has 98 valence electrons. The van der Waals surface area contributed by atoms with Gasteiger partial charge in [-0.05, 0) is 30.7 Å². The minimum Gasteiger partial charge on any atom is -0.320 e. The third kappa shape index (κ3) is 3.03. The standard InChI is InChI=1S/C13H9Cl2FN2O/c1-7-5-8(6-17-12(7)15)18-13(19)9-3-2-4-10(14)11(9)16/h2-6H,1H3,(H,18,19). The summed E-state index contributed by atoms with van der Waals surface area (Å²) in [7, 11) is 0. The molecule has 1 amide bonds. The first-order valence-corrected chi connectivity index (χ1v) is 6.12. The van der Waals surface area contributed by atoms with Crippen molar-refractivity contribution in [3.8, 4) is 0 Å². The van der Waals surface area contributed by atoms with Crippen LogP contribution in [-0.4, -0.2) is 10.9 Å². The summed E-state index contributed by atoms with van der Waals surface area (Å²) in [5.41, 5.74) is 1.03. The number of rotatable bonds is 2. The number of benzene rings is 1. The lowest BCUT2D eigenvalue weighted by atomic mass is 10.2. The summed E-state index contributed by atoms with van der Waals surface area (Å²) in [6, 6.07) is 5.88. The number of aryl methyl sites for hydroxylation is 1. The average Bonchev–Trinajstić information content (AvgIpc) is 2.37. The van der Waals surface area contributed by atoms with Gasteiger partial charge in [0.05, 0.1) is 22.5 Å². The molecule has 1 aromatic carbocycles. The number of nitrogens with zero attached hydrogens (tertiary/aromatic N) is 1. The second kappa shape index (κ2) is 5.55. The summed E-state index contributed by atoms with van der Waals surface area (Å²) in [6.45, 7) is 1.75. The first kappa shape index (κ1) is 13.8. The normalized spacial score (nSPS) is 10.3. The van der Waals surface area contributed by atoms with Crippen molar-refractivity contribution in [1.29, 1.82) is 0 Å². The van der Waals surface area contributed by atoms with Gasteiger partial charge >= 0.3 is 0 Å². The zero-order valence-corrected chi connectivity index (χ0v) is 11.4. The number of hydrogen-bond donors (Lipinski definition) is 1. The number of amides is 1. The van der Waals surface area contributed by atoms with Crippen molar-refractivity contribution in [3.05, 3.63) is 57.6 Å². The van der Waals surface area contributed by atoms with Gasteiger partial charge in [0.1, 0.15) is 5.15 Å². The highest BCUT2D eigenvalue weighted by molar-refractivity contribution is 6.31. The number of carbonyl (C=O) groups is 1. The molecule has 6 heteroatoms. The van der Waals surface area contributed by atoms with Crippen LogP contribution >= 0.6 is 23.2 Å². The van der Waals surface area contributed by atoms with E-state index >= 15 is 0 Å². The Hall–Kier alpha value is -1.65. The Morgan fingerprint density at radius 3 is 2.79 bits per heavy atom. The lowest BCUT2D eigenvalue weighted by Crippen LogP contribution is -2.14. The van der Waals surface area contributed by atoms with E-state index in [0.717, 1.165) is 0 Å². The van der Waals surface area contributed by atoms with Gasteiger partial charge in [-0.3, -0.25) is 4.79 Å². The van der Waals surface area contributed by atoms with Gasteiger partial charge in [0, 0.05) is 0 Å². The summed E-state index contributed by atoms with van der Waals surface area (Å²) in [5.74, 6) is -1.34. The molecule has 0 saturated heterocycles. The fourth-order valence-corrected chi connectivity index (χ4v) is 1.78. The molecular weight excluding hydrogens is 290 g/mol. The molecule has 1 heterocycles. The van der Waals surface area contributed by atoms with E-state index in [-0.39, 0.29) is 10.6 Å². The molecule has 0 aliphatic heterocycles. The molecule has 0 spiro atoms. The molecule has 2 aromatic rings. The van der Waals surface area contributed by atoms with Gasteiger partial charge in [-0.15, -0.1) is 0 Å². The van der Waals surface area contributed by atoms with Gasteiger partial charge < -0.3 is 5.32 Å². The first-order valence-electron chi connectivity index (χ1n) is 5.36. The molecule has 0 bridgehead atoms. The van der Waals surface area contributed by atoms with E-state index in [2.05, 4.69) is 10.3 Å². The van der Waals surface area contributed by atoms with Crippen LogP contribution < -0.4 is 5.32 Å². The predicted octanol–water partition coefficient (Wildman–Crippen LogP) is 4.09. The smallest absolute Gasteiger partial charge is 0.258 e. The van der Waals surface area contributed by atoms with E-state index in [0.29, 0.717) is 16.4 Å². The fourth-order valence-electron chi connectivity index (χ4n) is 1.50. The largest absolute Gasteiger partial charge is 0.320 e. The van der Waals surface area contributed by atoms with E-state index < -0.39 is 11.7 Å². The molecule has 0 aliphatic carbocycles. The lowest BCUT2D eigenvalue weighted by molar-refractivity contribution is 0.102. The number of carbonyl (C=O) groups excluding carboxylic acids is 1. The minimum atomic E-state index is -0.750. The van der Waals surface area contributed by atoms with E-state index in [9.17, 15) is 9.18 Å². The molecule has 0 saturated carbocycles. The summed E-state index contributed by atoms with van der Waals surface area (Å²) in [4.78, 5) is 15.8. The molecule has 0 radical (unpaired) electrons. The molecule has 0 aliphatic rings. The number of aromatic nitrogens is 1. The SMILES string of the molecule is Cc1cc(NC(=O)c2cccc(Cl)c2F)cnc1Cl. The van der Waals surface area contributed by atoms with Crippen molar-refractivity contribution in [2.75, 3.05) is 5.32 Å². The second-order valence-corrected chi connectivity index (χ2v) is 4.65. The van der Waals surface area contributed by atoms with Gasteiger partial charge in [-0.1, -0.05) is 29.3 Å². The van der Waals surface area contributed by atoms with E-state index in [1.54, 1.807) is 13.0 Å². The summed E-state index contributed by atoms with van der Waals surface area (Å²) >= 11 is 11.4. The Labute approximate surface area is 119 Å². The number of hydrogen-bond acceptors (Lipinski definition) is 2. The second-order valence-electron chi connectivity index (χ2n) is 3.89. The Kier molecular flexibility index (Phi) is 4.02. The Morgan fingerprint density at radius 1 is 1.37 bits per heavy atom. The number of nitrogens with one attached hydrogen (secondary N) is 1. The zero-order valence-electron chi connectivity index (χ0n) is 9.88. The highest BCUT2D eigenvalue weighted by Crippen LogP contribution is 2.20. The van der Waals surface area contributed by atoms with E-state index in [1.807, 2.05) is 0 Å². The van der Waals surface area contributed by atoms with Crippen LogP contribution in [0.1, 0.15) is 15.9 Å². The van der Waals surface area contributed by atoms with Crippen LogP contribution in [0.25, 0.3) is 0 Å². The van der Waals surface area contributed by atoms with Crippen molar-refractivity contribution < 1.29 is 9.18 Å². The fraction of sp³-hybridized carbons (Fsp3) is 0.0769. The number of halogens is 3. The van der Waals surface area contributed by atoms with Gasteiger partial charge in [-0.2, -0.15) is 0 Å². The highest BCUT2D eigenvalue weighted by atomic mass is 35.5. The van der Waals surface area contributed by atoms with Crippen LogP contribution in [0.4, 0.5) is 10.1 Å². The Morgan fingerprint density at radius 2 is 2.11 bits per heavy atom. The number of pyridine rings is 1. The molecule has 0 fully saturated rings. The predicted molar refractivity (Wildman–Crippen MR) is 73.3 cm³/mol. The third-order valence-electron chi connectivity index (χ3n) is 2.47.